The van der Waals surface area contributed by atoms with Crippen LogP contribution in [0.25, 0.3) is 6.08 Å². The van der Waals surface area contributed by atoms with Gasteiger partial charge in [-0.1, -0.05) is 12.7 Å². The Morgan fingerprint density at radius 1 is 1.60 bits per heavy atom. The molecule has 0 fully saturated rings. The standard InChI is InChI=1S/C8H9NS/c1-3-5-7-6-9-8(4-2)10-7/h3-4,6H,1-2,5H2. The fourth-order valence-corrected chi connectivity index (χ4v) is 1.42. The van der Waals surface area contributed by atoms with Gasteiger partial charge in [-0.15, -0.1) is 17.9 Å². The van der Waals surface area contributed by atoms with E-state index in [2.05, 4.69) is 18.1 Å². The number of rotatable bonds is 3. The second kappa shape index (κ2) is 3.32. The number of aromatic nitrogens is 1. The van der Waals surface area contributed by atoms with Gasteiger partial charge in [0.15, 0.2) is 0 Å². The van der Waals surface area contributed by atoms with Crippen LogP contribution >= 0.6 is 11.3 Å². The van der Waals surface area contributed by atoms with Gasteiger partial charge in [-0.2, -0.15) is 0 Å². The monoisotopic (exact) mass is 151 g/mol. The third kappa shape index (κ3) is 1.54. The lowest BCUT2D eigenvalue weighted by Gasteiger charge is -1.81. The first-order valence-electron chi connectivity index (χ1n) is 3.05. The molecule has 1 rings (SSSR count). The van der Waals surface area contributed by atoms with E-state index in [1.807, 2.05) is 12.3 Å². The Kier molecular flexibility index (Phi) is 2.40. The van der Waals surface area contributed by atoms with Crippen molar-refractivity contribution in [3.05, 3.63) is 35.3 Å². The van der Waals surface area contributed by atoms with Gasteiger partial charge in [-0.25, -0.2) is 4.98 Å². The second-order valence-electron chi connectivity index (χ2n) is 1.86. The van der Waals surface area contributed by atoms with Gasteiger partial charge in [0.2, 0.25) is 0 Å². The number of nitrogens with zero attached hydrogens (tertiary/aromatic N) is 1. The average molecular weight is 151 g/mol. The van der Waals surface area contributed by atoms with Gasteiger partial charge >= 0.3 is 0 Å². The highest BCUT2D eigenvalue weighted by atomic mass is 32.1. The van der Waals surface area contributed by atoms with Crippen molar-refractivity contribution >= 4 is 17.4 Å². The van der Waals surface area contributed by atoms with E-state index in [9.17, 15) is 0 Å². The molecule has 0 aliphatic carbocycles. The quantitative estimate of drug-likeness (QED) is 0.605. The molecule has 2 heteroatoms. The van der Waals surface area contributed by atoms with E-state index in [-0.39, 0.29) is 0 Å². The van der Waals surface area contributed by atoms with Crippen LogP contribution in [0.5, 0.6) is 0 Å². The minimum absolute atomic E-state index is 0.908. The summed E-state index contributed by atoms with van der Waals surface area (Å²) < 4.78 is 0. The van der Waals surface area contributed by atoms with E-state index < -0.39 is 0 Å². The van der Waals surface area contributed by atoms with Gasteiger partial charge in [-0.3, -0.25) is 0 Å². The summed E-state index contributed by atoms with van der Waals surface area (Å²) in [6, 6.07) is 0. The van der Waals surface area contributed by atoms with Crippen molar-refractivity contribution in [2.75, 3.05) is 0 Å². The number of hydrogen-bond acceptors (Lipinski definition) is 2. The van der Waals surface area contributed by atoms with E-state index in [1.54, 1.807) is 17.4 Å². The van der Waals surface area contributed by atoms with Gasteiger partial charge in [0.05, 0.1) is 0 Å². The molecule has 0 radical (unpaired) electrons. The molecule has 1 nitrogen and oxygen atoms in total. The first kappa shape index (κ1) is 7.22. The van der Waals surface area contributed by atoms with Crippen LogP contribution in [-0.4, -0.2) is 4.98 Å². The molecule has 1 aromatic rings. The van der Waals surface area contributed by atoms with Crippen molar-refractivity contribution in [3.8, 4) is 0 Å². The zero-order valence-corrected chi connectivity index (χ0v) is 6.53. The zero-order chi connectivity index (χ0) is 7.40. The van der Waals surface area contributed by atoms with Crippen molar-refractivity contribution < 1.29 is 0 Å². The Labute approximate surface area is 64.7 Å². The molecular weight excluding hydrogens is 142 g/mol. The van der Waals surface area contributed by atoms with Crippen LogP contribution in [0, 0.1) is 0 Å². The molecule has 52 valence electrons. The van der Waals surface area contributed by atoms with Crippen molar-refractivity contribution in [2.24, 2.45) is 0 Å². The summed E-state index contributed by atoms with van der Waals surface area (Å²) in [6.45, 7) is 7.27. The summed E-state index contributed by atoms with van der Waals surface area (Å²) in [5.74, 6) is 0. The van der Waals surface area contributed by atoms with Crippen molar-refractivity contribution in [1.82, 2.24) is 4.98 Å². The Morgan fingerprint density at radius 2 is 2.40 bits per heavy atom. The molecule has 1 heterocycles. The maximum absolute atomic E-state index is 4.11. The molecule has 0 amide bonds. The molecule has 0 atom stereocenters. The minimum Gasteiger partial charge on any atom is -0.245 e. The van der Waals surface area contributed by atoms with Gasteiger partial charge in [-0.05, 0) is 6.08 Å². The molecule has 0 saturated carbocycles. The molecule has 0 bridgehead atoms. The first-order chi connectivity index (χ1) is 4.86. The molecule has 1 aromatic heterocycles. The van der Waals surface area contributed by atoms with Crippen LogP contribution in [0.15, 0.2) is 25.4 Å². The molecule has 10 heavy (non-hydrogen) atoms. The average Bonchev–Trinajstić information content (AvgIpc) is 2.37. The fourth-order valence-electron chi connectivity index (χ4n) is 0.654. The molecule has 0 aromatic carbocycles. The summed E-state index contributed by atoms with van der Waals surface area (Å²) in [4.78, 5) is 5.35. The zero-order valence-electron chi connectivity index (χ0n) is 5.71. The Balaban J connectivity index is 2.77. The van der Waals surface area contributed by atoms with Crippen molar-refractivity contribution in [3.63, 3.8) is 0 Å². The van der Waals surface area contributed by atoms with Gasteiger partial charge in [0.25, 0.3) is 0 Å². The number of thiazole rings is 1. The maximum atomic E-state index is 4.11. The Morgan fingerprint density at radius 3 is 2.90 bits per heavy atom. The van der Waals surface area contributed by atoms with Gasteiger partial charge in [0, 0.05) is 17.5 Å². The topological polar surface area (TPSA) is 12.9 Å². The number of allylic oxidation sites excluding steroid dienone is 1. The maximum Gasteiger partial charge on any atom is 0.115 e. The SMILES string of the molecule is C=CCc1cnc(C=C)s1. The summed E-state index contributed by atoms with van der Waals surface area (Å²) in [6.07, 6.45) is 6.41. The van der Waals surface area contributed by atoms with Gasteiger partial charge in [0.1, 0.15) is 5.01 Å². The summed E-state index contributed by atoms with van der Waals surface area (Å²) in [5, 5.41) is 0.983. The molecule has 0 aliphatic rings. The predicted octanol–water partition coefficient (Wildman–Crippen LogP) is 2.51. The van der Waals surface area contributed by atoms with Crippen LogP contribution in [0.1, 0.15) is 9.88 Å². The van der Waals surface area contributed by atoms with Gasteiger partial charge < -0.3 is 0 Å². The Bertz CT molecular complexity index is 237. The lowest BCUT2D eigenvalue weighted by Crippen LogP contribution is -1.67. The molecule has 0 N–H and O–H groups in total. The molecule has 0 spiro atoms. The minimum atomic E-state index is 0.908. The van der Waals surface area contributed by atoms with E-state index in [1.165, 1.54) is 4.88 Å². The summed E-state index contributed by atoms with van der Waals surface area (Å²) in [5.41, 5.74) is 0. The normalized spacial score (nSPS) is 9.20. The lowest BCUT2D eigenvalue weighted by atomic mass is 10.4. The lowest BCUT2D eigenvalue weighted by molar-refractivity contribution is 1.29. The third-order valence-electron chi connectivity index (χ3n) is 1.09. The van der Waals surface area contributed by atoms with E-state index in [4.69, 9.17) is 0 Å². The van der Waals surface area contributed by atoms with Crippen molar-refractivity contribution in [2.45, 2.75) is 6.42 Å². The highest BCUT2D eigenvalue weighted by molar-refractivity contribution is 7.12. The molecule has 0 aliphatic heterocycles. The summed E-state index contributed by atoms with van der Waals surface area (Å²) >= 11 is 1.66. The first-order valence-corrected chi connectivity index (χ1v) is 3.86. The molecule has 0 saturated heterocycles. The molecule has 0 unspecified atom stereocenters. The largest absolute Gasteiger partial charge is 0.245 e. The fraction of sp³-hybridized carbons (Fsp3) is 0.125. The summed E-state index contributed by atoms with van der Waals surface area (Å²) in [7, 11) is 0. The Hall–Kier alpha value is -0.890. The van der Waals surface area contributed by atoms with Crippen LogP contribution in [0.2, 0.25) is 0 Å². The van der Waals surface area contributed by atoms with E-state index in [0.29, 0.717) is 0 Å². The second-order valence-corrected chi connectivity index (χ2v) is 3.01. The van der Waals surface area contributed by atoms with E-state index >= 15 is 0 Å². The highest BCUT2D eigenvalue weighted by Crippen LogP contribution is 2.13. The van der Waals surface area contributed by atoms with E-state index in [0.717, 1.165) is 11.4 Å². The third-order valence-corrected chi connectivity index (χ3v) is 2.11. The van der Waals surface area contributed by atoms with Crippen LogP contribution in [-0.2, 0) is 6.42 Å². The van der Waals surface area contributed by atoms with Crippen LogP contribution < -0.4 is 0 Å². The number of hydrogen-bond donors (Lipinski definition) is 0. The van der Waals surface area contributed by atoms with Crippen LogP contribution in [0.4, 0.5) is 0 Å². The smallest absolute Gasteiger partial charge is 0.115 e. The molecular formula is C8H9NS. The van der Waals surface area contributed by atoms with Crippen molar-refractivity contribution in [1.29, 1.82) is 0 Å². The highest BCUT2D eigenvalue weighted by Gasteiger charge is 1.94. The van der Waals surface area contributed by atoms with Crippen LogP contribution in [0.3, 0.4) is 0 Å². The predicted molar refractivity (Wildman–Crippen MR) is 46.1 cm³/mol.